The van der Waals surface area contributed by atoms with Crippen LogP contribution in [-0.4, -0.2) is 66.3 Å². The largest absolute Gasteiger partial charge is 0.465 e. The van der Waals surface area contributed by atoms with Crippen molar-refractivity contribution in [1.82, 2.24) is 9.80 Å². The SMILES string of the molecule is COC(=O)c1ccccc1NC(=O)N1CCC(N2C(=O)OCC2(C)C)CC1. The number of ether oxygens (including phenoxy) is 2. The maximum atomic E-state index is 12.6. The number of urea groups is 1. The van der Waals surface area contributed by atoms with Crippen LogP contribution in [0.15, 0.2) is 24.3 Å². The average Bonchev–Trinajstić information content (AvgIpc) is 2.94. The second kappa shape index (κ2) is 7.46. The van der Waals surface area contributed by atoms with Crippen molar-refractivity contribution in [2.45, 2.75) is 38.3 Å². The fraction of sp³-hybridized carbons (Fsp3) is 0.526. The summed E-state index contributed by atoms with van der Waals surface area (Å²) in [6.45, 7) is 5.41. The maximum absolute atomic E-state index is 12.6. The Morgan fingerprint density at radius 1 is 1.22 bits per heavy atom. The summed E-state index contributed by atoms with van der Waals surface area (Å²) in [5.41, 5.74) is 0.400. The highest BCUT2D eigenvalue weighted by atomic mass is 16.6. The van der Waals surface area contributed by atoms with Crippen molar-refractivity contribution in [2.24, 2.45) is 0 Å². The molecule has 2 heterocycles. The molecule has 0 unspecified atom stereocenters. The zero-order valence-electron chi connectivity index (χ0n) is 15.9. The predicted molar refractivity (Wildman–Crippen MR) is 98.7 cm³/mol. The number of anilines is 1. The third kappa shape index (κ3) is 3.84. The molecule has 3 amide bonds. The van der Waals surface area contributed by atoms with Gasteiger partial charge in [0.1, 0.15) is 6.61 Å². The Labute approximate surface area is 158 Å². The normalized spacial score (nSPS) is 19.6. The van der Waals surface area contributed by atoms with Crippen molar-refractivity contribution >= 4 is 23.8 Å². The molecule has 0 atom stereocenters. The van der Waals surface area contributed by atoms with Gasteiger partial charge in [-0.3, -0.25) is 4.90 Å². The lowest BCUT2D eigenvalue weighted by Crippen LogP contribution is -2.53. The van der Waals surface area contributed by atoms with E-state index < -0.39 is 5.97 Å². The number of nitrogens with one attached hydrogen (secondary N) is 1. The van der Waals surface area contributed by atoms with Crippen LogP contribution < -0.4 is 5.32 Å². The molecule has 0 aromatic heterocycles. The van der Waals surface area contributed by atoms with Crippen LogP contribution in [0.2, 0.25) is 0 Å². The maximum Gasteiger partial charge on any atom is 0.410 e. The predicted octanol–water partition coefficient (Wildman–Crippen LogP) is 2.70. The van der Waals surface area contributed by atoms with Crippen molar-refractivity contribution < 1.29 is 23.9 Å². The lowest BCUT2D eigenvalue weighted by Gasteiger charge is -2.40. The Morgan fingerprint density at radius 3 is 2.48 bits per heavy atom. The minimum atomic E-state index is -0.501. The number of esters is 1. The molecule has 146 valence electrons. The molecular weight excluding hydrogens is 350 g/mol. The third-order valence-electron chi connectivity index (χ3n) is 5.09. The molecule has 0 spiro atoms. The molecule has 2 aliphatic heterocycles. The molecule has 1 N–H and O–H groups in total. The van der Waals surface area contributed by atoms with Gasteiger partial charge < -0.3 is 19.7 Å². The van der Waals surface area contributed by atoms with Crippen molar-refractivity contribution in [3.05, 3.63) is 29.8 Å². The van der Waals surface area contributed by atoms with Crippen LogP contribution >= 0.6 is 0 Å². The summed E-state index contributed by atoms with van der Waals surface area (Å²) in [6, 6.07) is 6.52. The van der Waals surface area contributed by atoms with E-state index in [2.05, 4.69) is 5.32 Å². The Kier molecular flexibility index (Phi) is 5.25. The fourth-order valence-electron chi connectivity index (χ4n) is 3.67. The minimum Gasteiger partial charge on any atom is -0.465 e. The van der Waals surface area contributed by atoms with E-state index >= 15 is 0 Å². The van der Waals surface area contributed by atoms with Gasteiger partial charge in [-0.15, -0.1) is 0 Å². The van der Waals surface area contributed by atoms with Gasteiger partial charge in [0.2, 0.25) is 0 Å². The molecule has 3 rings (SSSR count). The zero-order valence-corrected chi connectivity index (χ0v) is 15.9. The first-order chi connectivity index (χ1) is 12.8. The molecule has 0 saturated carbocycles. The standard InChI is InChI=1S/C19H25N3O5/c1-19(2)12-27-18(25)22(19)13-8-10-21(11-9-13)17(24)20-15-7-5-4-6-14(15)16(23)26-3/h4-7,13H,8-12H2,1-3H3,(H,20,24). The van der Waals surface area contributed by atoms with Crippen molar-refractivity contribution in [3.8, 4) is 0 Å². The van der Waals surface area contributed by atoms with E-state index in [0.29, 0.717) is 43.8 Å². The highest BCUT2D eigenvalue weighted by Crippen LogP contribution is 2.30. The second-order valence-corrected chi connectivity index (χ2v) is 7.42. The molecule has 1 aromatic rings. The fourth-order valence-corrected chi connectivity index (χ4v) is 3.67. The number of amides is 3. The van der Waals surface area contributed by atoms with Crippen molar-refractivity contribution in [2.75, 3.05) is 32.1 Å². The number of cyclic esters (lactones) is 1. The number of piperidine rings is 1. The quantitative estimate of drug-likeness (QED) is 0.821. The highest BCUT2D eigenvalue weighted by molar-refractivity contribution is 6.00. The number of para-hydroxylation sites is 1. The summed E-state index contributed by atoms with van der Waals surface area (Å²) in [5.74, 6) is -0.501. The van der Waals surface area contributed by atoms with Crippen LogP contribution in [0.5, 0.6) is 0 Å². The van der Waals surface area contributed by atoms with Gasteiger partial charge in [0.25, 0.3) is 0 Å². The van der Waals surface area contributed by atoms with E-state index in [-0.39, 0.29) is 23.7 Å². The number of nitrogens with zero attached hydrogens (tertiary/aromatic N) is 2. The number of hydrogen-bond acceptors (Lipinski definition) is 5. The number of likely N-dealkylation sites (tertiary alicyclic amines) is 1. The number of methoxy groups -OCH3 is 1. The van der Waals surface area contributed by atoms with Crippen LogP contribution in [0.3, 0.4) is 0 Å². The van der Waals surface area contributed by atoms with Gasteiger partial charge in [0.15, 0.2) is 0 Å². The summed E-state index contributed by atoms with van der Waals surface area (Å²) in [6.07, 6.45) is 1.09. The Balaban J connectivity index is 1.61. The summed E-state index contributed by atoms with van der Waals surface area (Å²) >= 11 is 0. The molecule has 8 nitrogen and oxygen atoms in total. The number of rotatable bonds is 3. The molecule has 2 saturated heterocycles. The zero-order chi connectivity index (χ0) is 19.6. The lowest BCUT2D eigenvalue weighted by atomic mass is 9.97. The monoisotopic (exact) mass is 375 g/mol. The lowest BCUT2D eigenvalue weighted by molar-refractivity contribution is 0.0602. The molecule has 1 aromatic carbocycles. The van der Waals surface area contributed by atoms with Crippen LogP contribution in [0.1, 0.15) is 37.0 Å². The van der Waals surface area contributed by atoms with Gasteiger partial charge >= 0.3 is 18.1 Å². The molecule has 0 bridgehead atoms. The van der Waals surface area contributed by atoms with Gasteiger partial charge in [-0.2, -0.15) is 0 Å². The summed E-state index contributed by atoms with van der Waals surface area (Å²) in [7, 11) is 1.30. The van der Waals surface area contributed by atoms with E-state index in [1.54, 1.807) is 34.1 Å². The topological polar surface area (TPSA) is 88.2 Å². The first-order valence-electron chi connectivity index (χ1n) is 9.03. The van der Waals surface area contributed by atoms with Gasteiger partial charge in [-0.1, -0.05) is 12.1 Å². The van der Waals surface area contributed by atoms with Crippen LogP contribution in [0.25, 0.3) is 0 Å². The van der Waals surface area contributed by atoms with Gasteiger partial charge in [0, 0.05) is 19.1 Å². The van der Waals surface area contributed by atoms with Crippen LogP contribution in [-0.2, 0) is 9.47 Å². The number of carbonyl (C=O) groups is 3. The average molecular weight is 375 g/mol. The first kappa shape index (κ1) is 19.0. The van der Waals surface area contributed by atoms with E-state index in [0.717, 1.165) is 0 Å². The molecule has 27 heavy (non-hydrogen) atoms. The Bertz CT molecular complexity index is 741. The molecule has 0 radical (unpaired) electrons. The molecule has 8 heteroatoms. The number of benzene rings is 1. The van der Waals surface area contributed by atoms with Gasteiger partial charge in [-0.25, -0.2) is 14.4 Å². The Morgan fingerprint density at radius 2 is 1.89 bits per heavy atom. The second-order valence-electron chi connectivity index (χ2n) is 7.42. The molecule has 0 aliphatic carbocycles. The van der Waals surface area contributed by atoms with E-state index in [4.69, 9.17) is 9.47 Å². The smallest absolute Gasteiger partial charge is 0.410 e. The molecule has 2 fully saturated rings. The van der Waals surface area contributed by atoms with E-state index in [9.17, 15) is 14.4 Å². The summed E-state index contributed by atoms with van der Waals surface area (Å²) < 4.78 is 9.94. The molecular formula is C19H25N3O5. The highest BCUT2D eigenvalue weighted by Gasteiger charge is 2.44. The number of hydrogen-bond donors (Lipinski definition) is 1. The van der Waals surface area contributed by atoms with Crippen LogP contribution in [0, 0.1) is 0 Å². The Hall–Kier alpha value is -2.77. The van der Waals surface area contributed by atoms with Gasteiger partial charge in [-0.05, 0) is 38.8 Å². The number of carbonyl (C=O) groups excluding carboxylic acids is 3. The first-order valence-corrected chi connectivity index (χ1v) is 9.03. The molecule has 2 aliphatic rings. The minimum absolute atomic E-state index is 0.0569. The summed E-state index contributed by atoms with van der Waals surface area (Å²) in [4.78, 5) is 40.0. The van der Waals surface area contributed by atoms with E-state index in [1.807, 2.05) is 13.8 Å². The van der Waals surface area contributed by atoms with Crippen molar-refractivity contribution in [1.29, 1.82) is 0 Å². The van der Waals surface area contributed by atoms with Crippen molar-refractivity contribution in [3.63, 3.8) is 0 Å². The summed E-state index contributed by atoms with van der Waals surface area (Å²) in [5, 5.41) is 2.79. The van der Waals surface area contributed by atoms with Crippen LogP contribution in [0.4, 0.5) is 15.3 Å². The third-order valence-corrected chi connectivity index (χ3v) is 5.09. The van der Waals surface area contributed by atoms with Gasteiger partial charge in [0.05, 0.1) is 23.9 Å². The van der Waals surface area contributed by atoms with E-state index in [1.165, 1.54) is 7.11 Å².